The van der Waals surface area contributed by atoms with E-state index in [2.05, 4.69) is 164 Å². The summed E-state index contributed by atoms with van der Waals surface area (Å²) in [6.45, 7) is 0. The quantitative estimate of drug-likeness (QED) is 0.188. The van der Waals surface area contributed by atoms with Crippen LogP contribution >= 0.6 is 0 Å². The van der Waals surface area contributed by atoms with E-state index >= 15 is 0 Å². The molecule has 0 amide bonds. The summed E-state index contributed by atoms with van der Waals surface area (Å²) in [5, 5.41) is 2.57. The van der Waals surface area contributed by atoms with Crippen molar-refractivity contribution in [3.05, 3.63) is 203 Å². The Morgan fingerprint density at radius 1 is 0.654 bits per heavy atom. The van der Waals surface area contributed by atoms with Gasteiger partial charge in [-0.1, -0.05) is 146 Å². The van der Waals surface area contributed by atoms with Crippen LogP contribution in [0.4, 0.5) is 0 Å². The predicted molar refractivity (Wildman–Crippen MR) is 211 cm³/mol. The van der Waals surface area contributed by atoms with Crippen LogP contribution in [0.5, 0.6) is 11.5 Å². The number of para-hydroxylation sites is 2. The molecule has 1 aliphatic heterocycles. The lowest BCUT2D eigenvalue weighted by atomic mass is 9.65. The molecule has 3 heteroatoms. The number of allylic oxidation sites excluding steroid dienone is 5. The summed E-state index contributed by atoms with van der Waals surface area (Å²) < 4.78 is 7.04. The molecule has 0 fully saturated rings. The zero-order valence-electron chi connectivity index (χ0n) is 28.6. The van der Waals surface area contributed by atoms with Gasteiger partial charge in [-0.15, -0.1) is 0 Å². The first-order valence-corrected chi connectivity index (χ1v) is 18.3. The Hall–Kier alpha value is -6.32. The fourth-order valence-corrected chi connectivity index (χ4v) is 9.24. The van der Waals surface area contributed by atoms with E-state index in [0.29, 0.717) is 0 Å². The number of fused-ring (bicyclic) bond motifs is 12. The normalized spacial score (nSPS) is 17.1. The first-order valence-electron chi connectivity index (χ1n) is 18.3. The SMILES string of the molecule is C1=CCCC(c2nc(-c3cccc4c3Oc3ccccc3C43c4ccccc4-c4ccccc43)cc(C3C=Cc4c(ccc5ccccc45)C3)n2)=C1. The van der Waals surface area contributed by atoms with Gasteiger partial charge in [-0.05, 0) is 87.2 Å². The smallest absolute Gasteiger partial charge is 0.156 e. The topological polar surface area (TPSA) is 35.0 Å². The fraction of sp³-hybridized carbons (Fsp3) is 0.102. The second-order valence-electron chi connectivity index (χ2n) is 14.3. The number of rotatable bonds is 3. The van der Waals surface area contributed by atoms with Gasteiger partial charge in [0.05, 0.1) is 16.8 Å². The largest absolute Gasteiger partial charge is 0.456 e. The van der Waals surface area contributed by atoms with Crippen molar-refractivity contribution < 1.29 is 4.74 Å². The Balaban J connectivity index is 1.13. The van der Waals surface area contributed by atoms with E-state index in [1.165, 1.54) is 55.3 Å². The number of hydrogen-bond acceptors (Lipinski definition) is 3. The van der Waals surface area contributed by atoms with Crippen LogP contribution in [0.25, 0.3) is 44.8 Å². The molecule has 3 nitrogen and oxygen atoms in total. The Labute approximate surface area is 303 Å². The van der Waals surface area contributed by atoms with Crippen molar-refractivity contribution in [2.75, 3.05) is 0 Å². The Kier molecular flexibility index (Phi) is 6.42. The van der Waals surface area contributed by atoms with Gasteiger partial charge in [-0.3, -0.25) is 0 Å². The lowest BCUT2D eigenvalue weighted by Crippen LogP contribution is -2.32. The molecule has 3 aliphatic carbocycles. The molecule has 1 spiro atoms. The molecular formula is C49H34N2O. The number of ether oxygens (including phenoxy) is 1. The third-order valence-corrected chi connectivity index (χ3v) is 11.6. The van der Waals surface area contributed by atoms with E-state index in [0.717, 1.165) is 59.1 Å². The van der Waals surface area contributed by atoms with Gasteiger partial charge in [0, 0.05) is 22.6 Å². The van der Waals surface area contributed by atoms with Crippen molar-refractivity contribution in [1.82, 2.24) is 9.97 Å². The molecule has 1 aromatic heterocycles. The van der Waals surface area contributed by atoms with Gasteiger partial charge in [-0.2, -0.15) is 0 Å². The lowest BCUT2D eigenvalue weighted by Gasteiger charge is -2.40. The summed E-state index contributed by atoms with van der Waals surface area (Å²) in [5.41, 5.74) is 13.6. The van der Waals surface area contributed by atoms with Crippen LogP contribution < -0.4 is 4.74 Å². The van der Waals surface area contributed by atoms with E-state index < -0.39 is 5.41 Å². The van der Waals surface area contributed by atoms with E-state index in [1.807, 2.05) is 0 Å². The molecule has 0 saturated carbocycles. The third kappa shape index (κ3) is 4.20. The van der Waals surface area contributed by atoms with E-state index in [9.17, 15) is 0 Å². The molecular weight excluding hydrogens is 633 g/mol. The monoisotopic (exact) mass is 666 g/mol. The van der Waals surface area contributed by atoms with E-state index in [1.54, 1.807) is 0 Å². The highest BCUT2D eigenvalue weighted by Crippen LogP contribution is 2.63. The maximum Gasteiger partial charge on any atom is 0.156 e. The minimum absolute atomic E-state index is 0.120. The lowest BCUT2D eigenvalue weighted by molar-refractivity contribution is 0.438. The van der Waals surface area contributed by atoms with Crippen LogP contribution in [-0.2, 0) is 11.8 Å². The maximum atomic E-state index is 7.04. The highest BCUT2D eigenvalue weighted by molar-refractivity contribution is 5.93. The van der Waals surface area contributed by atoms with Crippen LogP contribution in [0.1, 0.15) is 63.7 Å². The molecule has 11 rings (SSSR count). The first kappa shape index (κ1) is 29.4. The third-order valence-electron chi connectivity index (χ3n) is 11.6. The molecule has 0 bridgehead atoms. The highest BCUT2D eigenvalue weighted by Gasteiger charge is 2.51. The summed E-state index contributed by atoms with van der Waals surface area (Å²) in [6.07, 6.45) is 14.0. The molecule has 2 heterocycles. The van der Waals surface area contributed by atoms with E-state index in [-0.39, 0.29) is 5.92 Å². The summed E-state index contributed by atoms with van der Waals surface area (Å²) in [4.78, 5) is 10.7. The van der Waals surface area contributed by atoms with Crippen molar-refractivity contribution in [3.63, 3.8) is 0 Å². The Morgan fingerprint density at radius 2 is 1.38 bits per heavy atom. The van der Waals surface area contributed by atoms with Crippen molar-refractivity contribution in [2.45, 2.75) is 30.6 Å². The van der Waals surface area contributed by atoms with Crippen molar-refractivity contribution >= 4 is 22.4 Å². The van der Waals surface area contributed by atoms with E-state index in [4.69, 9.17) is 14.7 Å². The first-order chi connectivity index (χ1) is 25.8. The second kappa shape index (κ2) is 11.3. The minimum atomic E-state index is -0.526. The molecule has 4 aliphatic rings. The van der Waals surface area contributed by atoms with Gasteiger partial charge in [0.15, 0.2) is 5.82 Å². The molecule has 1 unspecified atom stereocenters. The van der Waals surface area contributed by atoms with Crippen LogP contribution in [0.3, 0.4) is 0 Å². The summed E-state index contributed by atoms with van der Waals surface area (Å²) >= 11 is 0. The van der Waals surface area contributed by atoms with Crippen molar-refractivity contribution in [2.24, 2.45) is 0 Å². The van der Waals surface area contributed by atoms with Crippen LogP contribution in [0, 0.1) is 0 Å². The Bertz CT molecular complexity index is 2670. The molecule has 0 N–H and O–H groups in total. The number of hydrogen-bond donors (Lipinski definition) is 0. The maximum absolute atomic E-state index is 7.04. The zero-order chi connectivity index (χ0) is 34.2. The highest BCUT2D eigenvalue weighted by atomic mass is 16.5. The molecule has 246 valence electrons. The van der Waals surface area contributed by atoms with Crippen LogP contribution in [-0.4, -0.2) is 9.97 Å². The number of nitrogens with zero attached hydrogens (tertiary/aromatic N) is 2. The average Bonchev–Trinajstić information content (AvgIpc) is 3.51. The van der Waals surface area contributed by atoms with Crippen molar-refractivity contribution in [1.29, 1.82) is 0 Å². The fourth-order valence-electron chi connectivity index (χ4n) is 9.24. The second-order valence-corrected chi connectivity index (χ2v) is 14.3. The van der Waals surface area contributed by atoms with Gasteiger partial charge >= 0.3 is 0 Å². The van der Waals surface area contributed by atoms with Crippen LogP contribution in [0.2, 0.25) is 0 Å². The molecule has 6 aromatic carbocycles. The zero-order valence-corrected chi connectivity index (χ0v) is 28.6. The number of benzene rings is 6. The van der Waals surface area contributed by atoms with Crippen molar-refractivity contribution in [3.8, 4) is 33.9 Å². The van der Waals surface area contributed by atoms with Gasteiger partial charge in [-0.25, -0.2) is 9.97 Å². The average molecular weight is 667 g/mol. The van der Waals surface area contributed by atoms with Gasteiger partial charge < -0.3 is 4.74 Å². The Morgan fingerprint density at radius 3 is 2.21 bits per heavy atom. The summed E-state index contributed by atoms with van der Waals surface area (Å²) in [6, 6.07) is 48.4. The van der Waals surface area contributed by atoms with Crippen LogP contribution in [0.15, 0.2) is 158 Å². The van der Waals surface area contributed by atoms with Gasteiger partial charge in [0.1, 0.15) is 11.5 Å². The van der Waals surface area contributed by atoms with Gasteiger partial charge in [0.2, 0.25) is 0 Å². The standard InChI is InChI=1S/C49H34N2O/c1-2-14-32(15-3-1)48-50-44(34-27-28-36-33(29-34)26-25-31-13-4-5-16-35(31)36)30-45(51-48)39-19-12-23-43-47(39)52-46-24-11-10-22-42(46)49(43)40-20-8-6-17-37(40)38-18-7-9-21-41(38)49/h1-2,4-14,16-28,30,34H,3,15,29H2. The number of aromatic nitrogens is 2. The molecule has 52 heavy (non-hydrogen) atoms. The van der Waals surface area contributed by atoms with Gasteiger partial charge in [0.25, 0.3) is 0 Å². The predicted octanol–water partition coefficient (Wildman–Crippen LogP) is 11.9. The molecule has 0 radical (unpaired) electrons. The molecule has 7 aromatic rings. The summed E-state index contributed by atoms with van der Waals surface area (Å²) in [7, 11) is 0. The summed E-state index contributed by atoms with van der Waals surface area (Å²) in [5.74, 6) is 2.66. The minimum Gasteiger partial charge on any atom is -0.456 e. The molecule has 1 atom stereocenters. The molecule has 0 saturated heterocycles.